The van der Waals surface area contributed by atoms with Gasteiger partial charge in [0.05, 0.1) is 12.1 Å². The van der Waals surface area contributed by atoms with E-state index in [-0.39, 0.29) is 29.7 Å². The number of hydrogen-bond donors (Lipinski definition) is 3. The van der Waals surface area contributed by atoms with Gasteiger partial charge in [0.15, 0.2) is 0 Å². The number of benzene rings is 1. The lowest BCUT2D eigenvalue weighted by Crippen LogP contribution is -2.61. The molecule has 1 saturated heterocycles. The number of nitrogens with zero attached hydrogens (tertiary/aromatic N) is 1. The average molecular weight is 541 g/mol. The van der Waals surface area contributed by atoms with E-state index in [1.54, 1.807) is 18.9 Å². The van der Waals surface area contributed by atoms with Gasteiger partial charge in [-0.25, -0.2) is 0 Å². The molecule has 1 fully saturated rings. The van der Waals surface area contributed by atoms with Crippen LogP contribution in [0, 0.1) is 5.92 Å². The Kier molecular flexibility index (Phi) is 10.9. The van der Waals surface area contributed by atoms with Gasteiger partial charge < -0.3 is 20.9 Å². The molecule has 3 N–H and O–H groups in total. The molecule has 0 bridgehead atoms. The lowest BCUT2D eigenvalue weighted by atomic mass is 9.86. The zero-order valence-electron chi connectivity index (χ0n) is 22.7. The van der Waals surface area contributed by atoms with Crippen LogP contribution in [0.4, 0.5) is 13.2 Å². The van der Waals surface area contributed by atoms with Crippen LogP contribution in [-0.2, 0) is 25.6 Å². The van der Waals surface area contributed by atoms with Gasteiger partial charge in [-0.15, -0.1) is 0 Å². The van der Waals surface area contributed by atoms with Gasteiger partial charge in [0.2, 0.25) is 24.0 Å². The number of aldehydes is 1. The van der Waals surface area contributed by atoms with Crippen LogP contribution in [0.15, 0.2) is 24.3 Å². The van der Waals surface area contributed by atoms with Crippen molar-refractivity contribution in [2.75, 3.05) is 13.6 Å². The number of carbonyl (C=O) groups is 4. The topological polar surface area (TPSA) is 108 Å². The Morgan fingerprint density at radius 1 is 1.13 bits per heavy atom. The molecule has 3 amide bonds. The summed E-state index contributed by atoms with van der Waals surface area (Å²) in [5.41, 5.74) is 1.55. The molecule has 0 spiro atoms. The summed E-state index contributed by atoms with van der Waals surface area (Å²) in [5.74, 6) is -0.601. The Bertz CT molecular complexity index is 1000. The van der Waals surface area contributed by atoms with Gasteiger partial charge in [-0.3, -0.25) is 19.2 Å². The zero-order valence-corrected chi connectivity index (χ0v) is 22.7. The standard InChI is InChI=1S/C25H38N4O3.C2HF3O/c1-16(2)21(28-22(30)17(3)26-5)23(31)29-15-9-14-25(29,4)24(32)27-20-13-8-11-18-10-6-7-12-19(18)20;3-2(4,5)1-6/h6-7,10,12,16-17,20-21,26H,8-9,11,13-15H2,1-5H3,(H,27,32)(H,28,30);1H/t17-,20+,21-,25?;/m0./s1. The lowest BCUT2D eigenvalue weighted by Gasteiger charge is -2.39. The first-order valence-corrected chi connectivity index (χ1v) is 13.0. The number of amides is 3. The summed E-state index contributed by atoms with van der Waals surface area (Å²) in [6, 6.07) is 7.17. The fourth-order valence-corrected chi connectivity index (χ4v) is 4.86. The molecule has 1 aromatic carbocycles. The fourth-order valence-electron chi connectivity index (χ4n) is 4.86. The maximum Gasteiger partial charge on any atom is 0.446 e. The molecule has 0 saturated carbocycles. The maximum absolute atomic E-state index is 13.6. The summed E-state index contributed by atoms with van der Waals surface area (Å²) in [5, 5.41) is 9.04. The summed E-state index contributed by atoms with van der Waals surface area (Å²) in [4.78, 5) is 49.9. The quantitative estimate of drug-likeness (QED) is 0.461. The van der Waals surface area contributed by atoms with E-state index in [1.165, 1.54) is 11.1 Å². The van der Waals surface area contributed by atoms with E-state index >= 15 is 0 Å². The first-order valence-electron chi connectivity index (χ1n) is 13.0. The van der Waals surface area contributed by atoms with Crippen LogP contribution in [0.2, 0.25) is 0 Å². The minimum Gasteiger partial charge on any atom is -0.347 e. The van der Waals surface area contributed by atoms with E-state index < -0.39 is 30.1 Å². The summed E-state index contributed by atoms with van der Waals surface area (Å²) in [6.07, 6.45) is -1.35. The normalized spacial score (nSPS) is 22.4. The second kappa shape index (κ2) is 13.2. The second-order valence-corrected chi connectivity index (χ2v) is 10.4. The van der Waals surface area contributed by atoms with E-state index in [9.17, 15) is 27.6 Å². The Morgan fingerprint density at radius 2 is 1.76 bits per heavy atom. The van der Waals surface area contributed by atoms with Crippen LogP contribution in [0.3, 0.4) is 0 Å². The first kappa shape index (κ1) is 31.3. The minimum atomic E-state index is -4.64. The molecule has 1 heterocycles. The second-order valence-electron chi connectivity index (χ2n) is 10.4. The highest BCUT2D eigenvalue weighted by molar-refractivity contribution is 5.95. The Balaban J connectivity index is 0.000000757. The van der Waals surface area contributed by atoms with Gasteiger partial charge in [0.1, 0.15) is 11.6 Å². The molecule has 2 aliphatic rings. The van der Waals surface area contributed by atoms with Crippen molar-refractivity contribution in [2.45, 2.75) is 89.6 Å². The van der Waals surface area contributed by atoms with Crippen molar-refractivity contribution in [3.8, 4) is 0 Å². The van der Waals surface area contributed by atoms with Crippen LogP contribution in [0.1, 0.15) is 70.5 Å². The lowest BCUT2D eigenvalue weighted by molar-refractivity contribution is -0.156. The number of carbonyl (C=O) groups excluding carboxylic acids is 4. The Labute approximate surface area is 222 Å². The van der Waals surface area contributed by atoms with Gasteiger partial charge in [-0.2, -0.15) is 13.2 Å². The number of rotatable bonds is 7. The maximum atomic E-state index is 13.6. The first-order chi connectivity index (χ1) is 17.7. The van der Waals surface area contributed by atoms with Crippen molar-refractivity contribution >= 4 is 24.0 Å². The van der Waals surface area contributed by atoms with Crippen molar-refractivity contribution < 1.29 is 32.3 Å². The highest BCUT2D eigenvalue weighted by Crippen LogP contribution is 2.34. The van der Waals surface area contributed by atoms with Crippen LogP contribution >= 0.6 is 0 Å². The molecule has 0 aromatic heterocycles. The third-order valence-corrected chi connectivity index (χ3v) is 7.26. The highest BCUT2D eigenvalue weighted by Gasteiger charge is 2.48. The number of aryl methyl sites for hydroxylation is 1. The van der Waals surface area contributed by atoms with Crippen LogP contribution in [0.25, 0.3) is 0 Å². The Morgan fingerprint density at radius 3 is 2.34 bits per heavy atom. The molecule has 212 valence electrons. The largest absolute Gasteiger partial charge is 0.446 e. The molecule has 1 aliphatic heterocycles. The zero-order chi connectivity index (χ0) is 28.7. The number of fused-ring (bicyclic) bond motifs is 1. The number of nitrogens with one attached hydrogen (secondary N) is 3. The molecule has 38 heavy (non-hydrogen) atoms. The number of likely N-dealkylation sites (N-methyl/N-ethyl adjacent to an activating group) is 1. The summed E-state index contributed by atoms with van der Waals surface area (Å²) >= 11 is 0. The van der Waals surface area contributed by atoms with Crippen molar-refractivity contribution in [1.82, 2.24) is 20.9 Å². The van der Waals surface area contributed by atoms with Gasteiger partial charge >= 0.3 is 6.18 Å². The molecule has 1 aliphatic carbocycles. The van der Waals surface area contributed by atoms with Gasteiger partial charge in [0.25, 0.3) is 0 Å². The molecule has 11 heteroatoms. The molecule has 1 aromatic rings. The SMILES string of the molecule is CN[C@@H](C)C(=O)N[C@H](C(=O)N1CCCC1(C)C(=O)N[C@@H]1CCCc2ccccc21)C(C)C.O=CC(F)(F)F. The van der Waals surface area contributed by atoms with E-state index in [4.69, 9.17) is 4.79 Å². The predicted molar refractivity (Wildman–Crippen MR) is 137 cm³/mol. The molecule has 3 rings (SSSR count). The third-order valence-electron chi connectivity index (χ3n) is 7.26. The number of alkyl halides is 3. The molecular weight excluding hydrogens is 501 g/mol. The van der Waals surface area contributed by atoms with Crippen LogP contribution < -0.4 is 16.0 Å². The summed E-state index contributed by atoms with van der Waals surface area (Å²) in [7, 11) is 1.71. The predicted octanol–water partition coefficient (Wildman–Crippen LogP) is 3.06. The van der Waals surface area contributed by atoms with Crippen molar-refractivity contribution in [1.29, 1.82) is 0 Å². The fraction of sp³-hybridized carbons (Fsp3) is 0.630. The molecule has 8 nitrogen and oxygen atoms in total. The van der Waals surface area contributed by atoms with Crippen molar-refractivity contribution in [2.24, 2.45) is 5.92 Å². The number of likely N-dealkylation sites (tertiary alicyclic amines) is 1. The number of halogens is 3. The molecule has 0 radical (unpaired) electrons. The minimum absolute atomic E-state index is 0.0288. The van der Waals surface area contributed by atoms with Crippen molar-refractivity contribution in [3.63, 3.8) is 0 Å². The molecule has 4 atom stereocenters. The van der Waals surface area contributed by atoms with Crippen molar-refractivity contribution in [3.05, 3.63) is 35.4 Å². The van der Waals surface area contributed by atoms with E-state index in [0.717, 1.165) is 25.7 Å². The third kappa shape index (κ3) is 7.78. The van der Waals surface area contributed by atoms with Crippen LogP contribution in [0.5, 0.6) is 0 Å². The number of hydrogen-bond acceptors (Lipinski definition) is 5. The average Bonchev–Trinajstić information content (AvgIpc) is 3.29. The van der Waals surface area contributed by atoms with Gasteiger partial charge in [0, 0.05) is 6.54 Å². The smallest absolute Gasteiger partial charge is 0.347 e. The van der Waals surface area contributed by atoms with Gasteiger partial charge in [-0.1, -0.05) is 38.1 Å². The summed E-state index contributed by atoms with van der Waals surface area (Å²) < 4.78 is 31.2. The highest BCUT2D eigenvalue weighted by atomic mass is 19.4. The Hall–Kier alpha value is -2.95. The van der Waals surface area contributed by atoms with E-state index in [1.807, 2.05) is 32.9 Å². The van der Waals surface area contributed by atoms with Crippen LogP contribution in [-0.4, -0.2) is 66.3 Å². The summed E-state index contributed by atoms with van der Waals surface area (Å²) in [6.45, 7) is 7.97. The van der Waals surface area contributed by atoms with Gasteiger partial charge in [-0.05, 0) is 70.0 Å². The molecule has 1 unspecified atom stereocenters. The van der Waals surface area contributed by atoms with E-state index in [0.29, 0.717) is 13.0 Å². The monoisotopic (exact) mass is 540 g/mol. The molecular formula is C27H39F3N4O4. The van der Waals surface area contributed by atoms with E-state index in [2.05, 4.69) is 28.1 Å².